The number of rotatable bonds is 3. The zero-order valence-electron chi connectivity index (χ0n) is 10.4. The molecule has 3 heterocycles. The number of amides is 1. The number of hydrogen-bond acceptors (Lipinski definition) is 6. The van der Waals surface area contributed by atoms with Crippen molar-refractivity contribution in [3.8, 4) is 0 Å². The first-order chi connectivity index (χ1) is 9.83. The SMILES string of the molecule is O=C(NCc1ccncc1)C1=CNc2ncncc2S1. The maximum Gasteiger partial charge on any atom is 0.259 e. The Kier molecular flexibility index (Phi) is 3.60. The van der Waals surface area contributed by atoms with Crippen molar-refractivity contribution >= 4 is 23.5 Å². The Balaban J connectivity index is 1.63. The van der Waals surface area contributed by atoms with E-state index in [0.29, 0.717) is 11.4 Å². The molecule has 1 amide bonds. The number of fused-ring (bicyclic) bond motifs is 1. The van der Waals surface area contributed by atoms with Crippen molar-refractivity contribution in [2.75, 3.05) is 5.32 Å². The second-order valence-corrected chi connectivity index (χ2v) is 5.11. The predicted molar refractivity (Wildman–Crippen MR) is 75.7 cm³/mol. The van der Waals surface area contributed by atoms with Gasteiger partial charge in [-0.05, 0) is 17.7 Å². The highest BCUT2D eigenvalue weighted by molar-refractivity contribution is 8.04. The Morgan fingerprint density at radius 2 is 2.15 bits per heavy atom. The summed E-state index contributed by atoms with van der Waals surface area (Å²) >= 11 is 1.35. The van der Waals surface area contributed by atoms with Crippen LogP contribution in [-0.2, 0) is 11.3 Å². The summed E-state index contributed by atoms with van der Waals surface area (Å²) in [6, 6.07) is 3.73. The fourth-order valence-electron chi connectivity index (χ4n) is 1.66. The van der Waals surface area contributed by atoms with Gasteiger partial charge in [-0.2, -0.15) is 0 Å². The standard InChI is InChI=1S/C13H11N5OS/c19-13(17-5-9-1-3-14-4-2-9)11-7-16-12-10(20-11)6-15-8-18-12/h1-4,6-8H,5H2,(H,17,19)(H,15,16,18). The van der Waals surface area contributed by atoms with Crippen molar-refractivity contribution in [2.45, 2.75) is 11.4 Å². The van der Waals surface area contributed by atoms with E-state index in [1.165, 1.54) is 18.1 Å². The molecule has 1 aliphatic rings. The molecule has 0 radical (unpaired) electrons. The van der Waals surface area contributed by atoms with E-state index in [1.807, 2.05) is 12.1 Å². The summed E-state index contributed by atoms with van der Waals surface area (Å²) in [5.41, 5.74) is 1.01. The van der Waals surface area contributed by atoms with Gasteiger partial charge in [0.15, 0.2) is 0 Å². The second kappa shape index (κ2) is 5.70. The number of nitrogens with one attached hydrogen (secondary N) is 2. The van der Waals surface area contributed by atoms with Crippen LogP contribution in [0.1, 0.15) is 5.56 Å². The van der Waals surface area contributed by atoms with Gasteiger partial charge in [0, 0.05) is 31.3 Å². The largest absolute Gasteiger partial charge is 0.347 e. The Hall–Kier alpha value is -2.41. The Morgan fingerprint density at radius 3 is 3.00 bits per heavy atom. The molecule has 0 aromatic carbocycles. The van der Waals surface area contributed by atoms with E-state index in [1.54, 1.807) is 24.8 Å². The Labute approximate surface area is 119 Å². The molecule has 0 aliphatic carbocycles. The normalized spacial score (nSPS) is 12.9. The van der Waals surface area contributed by atoms with Crippen molar-refractivity contribution in [3.63, 3.8) is 0 Å². The van der Waals surface area contributed by atoms with Crippen LogP contribution in [-0.4, -0.2) is 20.9 Å². The van der Waals surface area contributed by atoms with E-state index in [-0.39, 0.29) is 5.91 Å². The zero-order chi connectivity index (χ0) is 13.8. The van der Waals surface area contributed by atoms with Crippen LogP contribution >= 0.6 is 11.8 Å². The fraction of sp³-hybridized carbons (Fsp3) is 0.0769. The van der Waals surface area contributed by atoms with Gasteiger partial charge in [-0.3, -0.25) is 9.78 Å². The van der Waals surface area contributed by atoms with Gasteiger partial charge in [0.1, 0.15) is 12.1 Å². The number of anilines is 1. The van der Waals surface area contributed by atoms with Gasteiger partial charge in [0.25, 0.3) is 5.91 Å². The predicted octanol–water partition coefficient (Wildman–Crippen LogP) is 1.55. The lowest BCUT2D eigenvalue weighted by Gasteiger charge is -2.15. The highest BCUT2D eigenvalue weighted by Gasteiger charge is 2.18. The lowest BCUT2D eigenvalue weighted by atomic mass is 10.3. The minimum atomic E-state index is -0.131. The molecule has 7 heteroatoms. The van der Waals surface area contributed by atoms with Gasteiger partial charge in [-0.1, -0.05) is 11.8 Å². The van der Waals surface area contributed by atoms with Crippen LogP contribution in [0.5, 0.6) is 0 Å². The molecule has 0 bridgehead atoms. The van der Waals surface area contributed by atoms with Crippen molar-refractivity contribution in [2.24, 2.45) is 0 Å². The lowest BCUT2D eigenvalue weighted by molar-refractivity contribution is -0.116. The molecule has 100 valence electrons. The summed E-state index contributed by atoms with van der Waals surface area (Å²) in [4.78, 5) is 25.5. The molecule has 2 aromatic rings. The summed E-state index contributed by atoms with van der Waals surface area (Å²) in [5, 5.41) is 5.85. The van der Waals surface area contributed by atoms with Crippen LogP contribution in [0.3, 0.4) is 0 Å². The van der Waals surface area contributed by atoms with Gasteiger partial charge < -0.3 is 10.6 Å². The van der Waals surface area contributed by atoms with Crippen LogP contribution in [0.4, 0.5) is 5.82 Å². The van der Waals surface area contributed by atoms with Crippen molar-refractivity contribution in [1.82, 2.24) is 20.3 Å². The van der Waals surface area contributed by atoms with E-state index in [4.69, 9.17) is 0 Å². The average molecular weight is 285 g/mol. The molecule has 3 rings (SSSR count). The minimum absolute atomic E-state index is 0.131. The molecule has 2 aromatic heterocycles. The molecule has 0 saturated heterocycles. The minimum Gasteiger partial charge on any atom is -0.347 e. The smallest absolute Gasteiger partial charge is 0.259 e. The maximum atomic E-state index is 12.1. The highest BCUT2D eigenvalue weighted by atomic mass is 32.2. The number of thioether (sulfide) groups is 1. The summed E-state index contributed by atoms with van der Waals surface area (Å²) in [5.74, 6) is 0.587. The van der Waals surface area contributed by atoms with Crippen LogP contribution in [0.2, 0.25) is 0 Å². The van der Waals surface area contributed by atoms with E-state index >= 15 is 0 Å². The van der Waals surface area contributed by atoms with E-state index in [2.05, 4.69) is 25.6 Å². The highest BCUT2D eigenvalue weighted by Crippen LogP contribution is 2.34. The van der Waals surface area contributed by atoms with Crippen molar-refractivity contribution < 1.29 is 4.79 Å². The number of aromatic nitrogens is 3. The van der Waals surface area contributed by atoms with Crippen molar-refractivity contribution in [1.29, 1.82) is 0 Å². The number of hydrogen-bond donors (Lipinski definition) is 2. The molecule has 0 atom stereocenters. The third kappa shape index (κ3) is 2.77. The summed E-state index contributed by atoms with van der Waals surface area (Å²) in [6.07, 6.45) is 8.20. The molecule has 20 heavy (non-hydrogen) atoms. The van der Waals surface area contributed by atoms with Gasteiger partial charge >= 0.3 is 0 Å². The van der Waals surface area contributed by atoms with Crippen LogP contribution in [0.15, 0.2) is 53.1 Å². The monoisotopic (exact) mass is 285 g/mol. The zero-order valence-corrected chi connectivity index (χ0v) is 11.2. The fourth-order valence-corrected chi connectivity index (χ4v) is 2.51. The first-order valence-electron chi connectivity index (χ1n) is 5.94. The molecule has 0 spiro atoms. The number of pyridine rings is 1. The van der Waals surface area contributed by atoms with Gasteiger partial charge in [-0.25, -0.2) is 9.97 Å². The molecule has 0 unspecified atom stereocenters. The Morgan fingerprint density at radius 1 is 1.30 bits per heavy atom. The number of carbonyl (C=O) groups excluding carboxylic acids is 1. The topological polar surface area (TPSA) is 79.8 Å². The maximum absolute atomic E-state index is 12.1. The molecular formula is C13H11N5OS. The summed E-state index contributed by atoms with van der Waals surface area (Å²) in [6.45, 7) is 0.470. The number of carbonyl (C=O) groups is 1. The number of nitrogens with zero attached hydrogens (tertiary/aromatic N) is 3. The molecular weight excluding hydrogens is 274 g/mol. The molecule has 0 saturated carbocycles. The first-order valence-corrected chi connectivity index (χ1v) is 6.76. The van der Waals surface area contributed by atoms with E-state index in [9.17, 15) is 4.79 Å². The molecule has 2 N–H and O–H groups in total. The second-order valence-electron chi connectivity index (χ2n) is 4.03. The first kappa shape index (κ1) is 12.6. The van der Waals surface area contributed by atoms with Gasteiger partial charge in [-0.15, -0.1) is 0 Å². The molecule has 6 nitrogen and oxygen atoms in total. The van der Waals surface area contributed by atoms with Gasteiger partial charge in [0.05, 0.1) is 9.80 Å². The lowest BCUT2D eigenvalue weighted by Crippen LogP contribution is -2.24. The van der Waals surface area contributed by atoms with Crippen LogP contribution < -0.4 is 10.6 Å². The van der Waals surface area contributed by atoms with E-state index < -0.39 is 0 Å². The average Bonchev–Trinajstić information content (AvgIpc) is 2.53. The van der Waals surface area contributed by atoms with Gasteiger partial charge in [0.2, 0.25) is 0 Å². The van der Waals surface area contributed by atoms with Crippen molar-refractivity contribution in [3.05, 3.63) is 53.7 Å². The van der Waals surface area contributed by atoms with Crippen LogP contribution in [0.25, 0.3) is 0 Å². The third-order valence-electron chi connectivity index (χ3n) is 2.66. The summed E-state index contributed by atoms with van der Waals surface area (Å²) < 4.78 is 0. The van der Waals surface area contributed by atoms with Crippen LogP contribution in [0, 0.1) is 0 Å². The Bertz CT molecular complexity index is 659. The summed E-state index contributed by atoms with van der Waals surface area (Å²) in [7, 11) is 0. The van der Waals surface area contributed by atoms with E-state index in [0.717, 1.165) is 16.3 Å². The molecule has 0 fully saturated rings. The molecule has 1 aliphatic heterocycles. The quantitative estimate of drug-likeness (QED) is 0.890. The third-order valence-corrected chi connectivity index (χ3v) is 3.71.